The molecule has 0 saturated heterocycles. The van der Waals surface area contributed by atoms with Crippen molar-refractivity contribution in [3.8, 4) is 80.5 Å². The lowest BCUT2D eigenvalue weighted by molar-refractivity contribution is -0.136. The highest BCUT2D eigenvalue weighted by atomic mass is 16.5. The largest absolute Gasteiger partial charge is 0.508 e. The van der Waals surface area contributed by atoms with Crippen LogP contribution in [0, 0.1) is 13.8 Å². The second kappa shape index (κ2) is 26.9. The van der Waals surface area contributed by atoms with E-state index in [9.17, 15) is 34.2 Å². The van der Waals surface area contributed by atoms with E-state index in [-0.39, 0.29) is 57.5 Å². The molecule has 0 saturated carbocycles. The van der Waals surface area contributed by atoms with Crippen molar-refractivity contribution in [1.82, 2.24) is 0 Å². The molecule has 6 aromatic carbocycles. The van der Waals surface area contributed by atoms with Crippen LogP contribution < -0.4 is 16.2 Å². The number of primary amides is 1. The molecule has 0 bridgehead atoms. The molecule has 0 fully saturated rings. The molecule has 0 heterocycles. The van der Waals surface area contributed by atoms with E-state index < -0.39 is 81.3 Å². The van der Waals surface area contributed by atoms with Gasteiger partial charge in [0.1, 0.15) is 80.1 Å². The molecular weight excluding hydrogens is 961 g/mol. The summed E-state index contributed by atoms with van der Waals surface area (Å²) in [6, 6.07) is 15.4. The number of carbonyl (C=O) groups is 5. The fraction of sp³-hybridized carbons (Fsp3) is 0.128. The van der Waals surface area contributed by atoms with E-state index in [1.165, 1.54) is 56.5 Å². The number of anilines is 1. The summed E-state index contributed by atoms with van der Waals surface area (Å²) in [5.41, 5.74) is 10.8. The Labute approximate surface area is 406 Å². The Morgan fingerprint density at radius 2 is 0.903 bits per heavy atom. The number of aromatic hydroxyl groups is 13. The number of carbonyl (C=O) groups excluding carboxylic acids is 1. The lowest BCUT2D eigenvalue weighted by atomic mass is 10.1. The second-order valence-electron chi connectivity index (χ2n) is 14.3. The minimum atomic E-state index is -1.34. The number of carboxylic acid groups (broad SMARTS) is 4. The van der Waals surface area contributed by atoms with Gasteiger partial charge in [-0.25, -0.2) is 14.4 Å². The average molecular weight is 1010 g/mol. The van der Waals surface area contributed by atoms with E-state index in [4.69, 9.17) is 92.8 Å². The summed E-state index contributed by atoms with van der Waals surface area (Å²) in [5, 5.41) is 151. The molecule has 25 heteroatoms. The molecule has 6 rings (SSSR count). The van der Waals surface area contributed by atoms with E-state index >= 15 is 0 Å². The number of phenols is 13. The number of nitrogens with two attached hydrogens (primary N) is 2. The van der Waals surface area contributed by atoms with Gasteiger partial charge in [0.15, 0.2) is 17.2 Å². The maximum Gasteiger partial charge on any atom is 0.343 e. The van der Waals surface area contributed by atoms with Gasteiger partial charge in [-0.05, 0) is 91.6 Å². The topological polar surface area (TPSA) is 491 Å². The molecule has 0 spiro atoms. The highest BCUT2D eigenvalue weighted by molar-refractivity contribution is 5.95. The number of benzene rings is 6. The van der Waals surface area contributed by atoms with E-state index in [0.29, 0.717) is 34.4 Å². The Bertz CT molecular complexity index is 2660. The second-order valence-corrected chi connectivity index (χ2v) is 14.3. The van der Waals surface area contributed by atoms with Gasteiger partial charge in [0.2, 0.25) is 5.91 Å². The summed E-state index contributed by atoms with van der Waals surface area (Å²) < 4.78 is 4.86. The van der Waals surface area contributed by atoms with E-state index in [1.54, 1.807) is 6.92 Å². The van der Waals surface area contributed by atoms with Gasteiger partial charge in [-0.15, -0.1) is 0 Å². The molecule has 0 aliphatic carbocycles. The molecule has 0 unspecified atom stereocenters. The highest BCUT2D eigenvalue weighted by Gasteiger charge is 2.16. The SMILES string of the molecule is CCc1c(O)cc(OC)cc1O.Cc1cc(O)c(C(=O)O)c(O)c1.Cc1cc(O)cc(O)c1C(=O)O.NC(=O)c1cc(O)c(O)c(O)c1.Nc1c(O)cc(C(=O)O)cc1O.O=C(O)Cc1cc(O)cc(O)c1. The minimum Gasteiger partial charge on any atom is -0.508 e. The fourth-order valence-electron chi connectivity index (χ4n) is 5.52. The van der Waals surface area contributed by atoms with Crippen molar-refractivity contribution < 1.29 is 116 Å². The molecule has 0 aromatic heterocycles. The van der Waals surface area contributed by atoms with Crippen molar-refractivity contribution >= 4 is 35.5 Å². The quantitative estimate of drug-likeness (QED) is 0.0713. The van der Waals surface area contributed by atoms with Crippen molar-refractivity contribution in [2.24, 2.45) is 5.73 Å². The monoisotopic (exact) mass is 1010 g/mol. The number of rotatable bonds is 8. The first kappa shape index (κ1) is 59.7. The first-order valence-electron chi connectivity index (χ1n) is 19.8. The van der Waals surface area contributed by atoms with E-state index in [2.05, 4.69) is 0 Å². The third-order valence-electron chi connectivity index (χ3n) is 8.79. The Balaban J connectivity index is 0.000000432. The van der Waals surface area contributed by atoms with Crippen molar-refractivity contribution in [3.05, 3.63) is 123 Å². The Morgan fingerprint density at radius 1 is 0.486 bits per heavy atom. The van der Waals surface area contributed by atoms with Crippen LogP contribution >= 0.6 is 0 Å². The van der Waals surface area contributed by atoms with Crippen LogP contribution in [0.25, 0.3) is 0 Å². The molecular formula is C47H50N2O23. The lowest BCUT2D eigenvalue weighted by Crippen LogP contribution is -2.10. The van der Waals surface area contributed by atoms with Crippen molar-refractivity contribution in [2.45, 2.75) is 33.6 Å². The third-order valence-corrected chi connectivity index (χ3v) is 8.79. The number of aromatic carboxylic acids is 3. The van der Waals surface area contributed by atoms with Crippen LogP contribution in [0.3, 0.4) is 0 Å². The van der Waals surface area contributed by atoms with Crippen LogP contribution in [0.4, 0.5) is 5.69 Å². The first-order valence-corrected chi connectivity index (χ1v) is 19.8. The Morgan fingerprint density at radius 3 is 1.26 bits per heavy atom. The number of aliphatic carboxylic acids is 1. The molecule has 72 heavy (non-hydrogen) atoms. The number of methoxy groups -OCH3 is 1. The van der Waals surface area contributed by atoms with Gasteiger partial charge >= 0.3 is 23.9 Å². The zero-order chi connectivity index (χ0) is 55.5. The van der Waals surface area contributed by atoms with Crippen LogP contribution in [0.1, 0.15) is 70.6 Å². The number of phenolic OH excluding ortho intramolecular Hbond substituents is 10. The molecule has 0 atom stereocenters. The van der Waals surface area contributed by atoms with Crippen molar-refractivity contribution in [2.75, 3.05) is 12.8 Å². The molecule has 1 amide bonds. The first-order chi connectivity index (χ1) is 33.3. The highest BCUT2D eigenvalue weighted by Crippen LogP contribution is 2.36. The Kier molecular flexibility index (Phi) is 22.3. The standard InChI is InChI=1S/C9H12O3.3C8H8O4.2C7H7NO4/c1-3-7-8(10)4-6(12-2)5-9(7)11;9-6-1-5(3-8(11)12)2-7(10)4-6;1-4-2-5(9)3-6(10)7(4)8(11)12;1-4-2-5(9)7(8(11)12)6(10)3-4;8-7(12)3-1-4(9)6(11)5(10)2-3;8-6-4(9)1-3(7(11)12)2-5(6)10/h4-5,10-11H,3H2,1-2H3;1-2,4,9-10H,3H2,(H,11,12);2*2-3,9-10H,1H3,(H,11,12);1-2,9-11H,(H2,8,12);1-2,9-10H,8H2,(H,11,12). The van der Waals surface area contributed by atoms with Gasteiger partial charge in [0.25, 0.3) is 0 Å². The average Bonchev–Trinajstić information content (AvgIpc) is 3.23. The van der Waals surface area contributed by atoms with Gasteiger partial charge in [0.05, 0.1) is 19.1 Å². The smallest absolute Gasteiger partial charge is 0.343 e. The van der Waals surface area contributed by atoms with Gasteiger partial charge < -0.3 is 103 Å². The lowest BCUT2D eigenvalue weighted by Gasteiger charge is -2.06. The number of hydrogen-bond donors (Lipinski definition) is 19. The van der Waals surface area contributed by atoms with Gasteiger partial charge in [-0.1, -0.05) is 6.92 Å². The van der Waals surface area contributed by atoms with E-state index in [1.807, 2.05) is 6.92 Å². The summed E-state index contributed by atoms with van der Waals surface area (Å²) >= 11 is 0. The van der Waals surface area contributed by atoms with Crippen LogP contribution in [-0.2, 0) is 17.6 Å². The normalized spacial score (nSPS) is 9.72. The molecule has 6 aromatic rings. The summed E-state index contributed by atoms with van der Waals surface area (Å²) in [7, 11) is 1.49. The number of aryl methyl sites for hydroxylation is 2. The molecule has 0 aliphatic heterocycles. The van der Waals surface area contributed by atoms with E-state index in [0.717, 1.165) is 36.4 Å². The maximum atomic E-state index is 10.5. The van der Waals surface area contributed by atoms with Crippen LogP contribution in [0.2, 0.25) is 0 Å². The summed E-state index contributed by atoms with van der Waals surface area (Å²) in [5.74, 6) is -9.32. The zero-order valence-electron chi connectivity index (χ0n) is 38.1. The maximum absolute atomic E-state index is 10.5. The third kappa shape index (κ3) is 18.4. The predicted molar refractivity (Wildman–Crippen MR) is 251 cm³/mol. The number of ether oxygens (including phenoxy) is 1. The number of carboxylic acids is 4. The Hall–Kier alpha value is -10.3. The molecule has 0 radical (unpaired) electrons. The van der Waals surface area contributed by atoms with Crippen molar-refractivity contribution in [1.29, 1.82) is 0 Å². The summed E-state index contributed by atoms with van der Waals surface area (Å²) in [4.78, 5) is 52.1. The van der Waals surface area contributed by atoms with Crippen LogP contribution in [-0.4, -0.2) is 124 Å². The molecule has 21 N–H and O–H groups in total. The minimum absolute atomic E-state index is 0.0669. The number of amides is 1. The van der Waals surface area contributed by atoms with Crippen LogP contribution in [0.15, 0.2) is 78.9 Å². The molecule has 0 aliphatic rings. The predicted octanol–water partition coefficient (Wildman–Crippen LogP) is 4.88. The van der Waals surface area contributed by atoms with Crippen molar-refractivity contribution in [3.63, 3.8) is 0 Å². The zero-order valence-corrected chi connectivity index (χ0v) is 38.1. The number of hydrogen-bond acceptors (Lipinski definition) is 20. The molecule has 386 valence electrons. The summed E-state index contributed by atoms with van der Waals surface area (Å²) in [6.07, 6.45) is 0.392. The van der Waals surface area contributed by atoms with Gasteiger partial charge in [-0.2, -0.15) is 0 Å². The van der Waals surface area contributed by atoms with Gasteiger partial charge in [0, 0.05) is 35.4 Å². The fourth-order valence-corrected chi connectivity index (χ4v) is 5.52. The number of nitrogen functional groups attached to an aromatic ring is 1. The molecule has 25 nitrogen and oxygen atoms in total. The summed E-state index contributed by atoms with van der Waals surface area (Å²) in [6.45, 7) is 5.01. The van der Waals surface area contributed by atoms with Crippen LogP contribution in [0.5, 0.6) is 80.5 Å². The van der Waals surface area contributed by atoms with Gasteiger partial charge in [-0.3, -0.25) is 9.59 Å².